The minimum atomic E-state index is -0.425. The van der Waals surface area contributed by atoms with Gasteiger partial charge in [0, 0.05) is 18.5 Å². The first-order valence-corrected chi connectivity index (χ1v) is 6.57. The maximum Gasteiger partial charge on any atom is 0.237 e. The van der Waals surface area contributed by atoms with Gasteiger partial charge in [0.2, 0.25) is 11.8 Å². The lowest BCUT2D eigenvalue weighted by atomic mass is 9.85. The normalized spacial score (nSPS) is 36.3. The van der Waals surface area contributed by atoms with Crippen molar-refractivity contribution in [3.05, 3.63) is 0 Å². The highest BCUT2D eigenvalue weighted by Crippen LogP contribution is 2.24. The number of primary amides is 1. The van der Waals surface area contributed by atoms with Gasteiger partial charge in [0.25, 0.3) is 0 Å². The highest BCUT2D eigenvalue weighted by atomic mass is 16.3. The molecular formula is C12H21N3O3. The van der Waals surface area contributed by atoms with E-state index >= 15 is 0 Å². The number of rotatable bonds is 3. The molecule has 1 heterocycles. The van der Waals surface area contributed by atoms with Crippen LogP contribution in [0.2, 0.25) is 0 Å². The first-order chi connectivity index (χ1) is 8.56. The molecule has 1 aliphatic carbocycles. The Hall–Kier alpha value is -1.14. The van der Waals surface area contributed by atoms with E-state index in [1.54, 1.807) is 0 Å². The number of hydrogen-bond donors (Lipinski definition) is 4. The van der Waals surface area contributed by atoms with Crippen LogP contribution in [-0.4, -0.2) is 41.7 Å². The predicted octanol–water partition coefficient (Wildman–Crippen LogP) is -1.13. The maximum absolute atomic E-state index is 11.9. The van der Waals surface area contributed by atoms with Crippen LogP contribution >= 0.6 is 0 Å². The molecule has 0 bridgehead atoms. The first-order valence-electron chi connectivity index (χ1n) is 6.57. The molecule has 0 aromatic heterocycles. The number of carbonyl (C=O) groups excluding carboxylic acids is 2. The minimum absolute atomic E-state index is 0.0374. The lowest BCUT2D eigenvalue weighted by Gasteiger charge is -2.28. The summed E-state index contributed by atoms with van der Waals surface area (Å²) < 4.78 is 0. The van der Waals surface area contributed by atoms with Gasteiger partial charge >= 0.3 is 0 Å². The fourth-order valence-corrected chi connectivity index (χ4v) is 2.74. The first kappa shape index (κ1) is 13.3. The Morgan fingerprint density at radius 2 is 1.89 bits per heavy atom. The number of nitrogens with one attached hydrogen (secondary N) is 2. The van der Waals surface area contributed by atoms with Crippen LogP contribution in [-0.2, 0) is 9.59 Å². The molecule has 2 atom stereocenters. The Labute approximate surface area is 106 Å². The van der Waals surface area contributed by atoms with E-state index in [-0.39, 0.29) is 29.8 Å². The number of carbonyl (C=O) groups is 2. The molecule has 1 aliphatic heterocycles. The van der Waals surface area contributed by atoms with Crippen molar-refractivity contribution in [1.82, 2.24) is 10.6 Å². The van der Waals surface area contributed by atoms with Crippen LogP contribution in [0.25, 0.3) is 0 Å². The SMILES string of the molecule is NC(=O)C1CCC(NC(=O)C2CC(O)CN2)CC1. The fourth-order valence-electron chi connectivity index (χ4n) is 2.74. The standard InChI is InChI=1S/C12H21N3O3/c13-11(17)7-1-3-8(4-2-7)15-12(18)10-5-9(16)6-14-10/h7-10,14,16H,1-6H2,(H2,13,17)(H,15,18). The van der Waals surface area contributed by atoms with Gasteiger partial charge in [-0.25, -0.2) is 0 Å². The molecule has 0 aromatic rings. The van der Waals surface area contributed by atoms with Crippen LogP contribution in [0.1, 0.15) is 32.1 Å². The van der Waals surface area contributed by atoms with Gasteiger partial charge in [-0.1, -0.05) is 0 Å². The van der Waals surface area contributed by atoms with Gasteiger partial charge in [-0.15, -0.1) is 0 Å². The molecule has 2 unspecified atom stereocenters. The van der Waals surface area contributed by atoms with Crippen LogP contribution in [0.5, 0.6) is 0 Å². The Morgan fingerprint density at radius 3 is 2.39 bits per heavy atom. The Morgan fingerprint density at radius 1 is 1.22 bits per heavy atom. The number of β-amino-alcohol motifs (C(OH)–C–C–N with tert-alkyl or cyclic N) is 1. The average molecular weight is 255 g/mol. The number of aliphatic hydroxyl groups is 1. The van der Waals surface area contributed by atoms with Crippen molar-refractivity contribution in [3.63, 3.8) is 0 Å². The summed E-state index contributed by atoms with van der Waals surface area (Å²) in [6.07, 6.45) is 3.15. The molecule has 1 saturated carbocycles. The third-order valence-electron chi connectivity index (χ3n) is 3.90. The second kappa shape index (κ2) is 5.67. The van der Waals surface area contributed by atoms with Crippen LogP contribution in [0, 0.1) is 5.92 Å². The predicted molar refractivity (Wildman–Crippen MR) is 65.5 cm³/mol. The van der Waals surface area contributed by atoms with E-state index in [4.69, 9.17) is 5.73 Å². The van der Waals surface area contributed by atoms with E-state index in [0.29, 0.717) is 13.0 Å². The van der Waals surface area contributed by atoms with Crippen molar-refractivity contribution >= 4 is 11.8 Å². The van der Waals surface area contributed by atoms with Gasteiger partial charge in [-0.3, -0.25) is 9.59 Å². The maximum atomic E-state index is 11.9. The summed E-state index contributed by atoms with van der Waals surface area (Å²) in [5, 5.41) is 15.3. The van der Waals surface area contributed by atoms with E-state index < -0.39 is 6.10 Å². The van der Waals surface area contributed by atoms with Crippen molar-refractivity contribution in [1.29, 1.82) is 0 Å². The molecule has 0 aromatic carbocycles. The second-order valence-corrected chi connectivity index (χ2v) is 5.31. The fraction of sp³-hybridized carbons (Fsp3) is 0.833. The highest BCUT2D eigenvalue weighted by Gasteiger charge is 2.31. The van der Waals surface area contributed by atoms with Crippen molar-refractivity contribution in [2.24, 2.45) is 11.7 Å². The lowest BCUT2D eigenvalue weighted by Crippen LogP contribution is -2.46. The smallest absolute Gasteiger partial charge is 0.237 e. The Balaban J connectivity index is 1.74. The third-order valence-corrected chi connectivity index (χ3v) is 3.90. The molecule has 0 spiro atoms. The summed E-state index contributed by atoms with van der Waals surface area (Å²) in [4.78, 5) is 22.9. The van der Waals surface area contributed by atoms with Crippen molar-refractivity contribution in [2.45, 2.75) is 50.3 Å². The molecule has 6 nitrogen and oxygen atoms in total. The quantitative estimate of drug-likeness (QED) is 0.512. The van der Waals surface area contributed by atoms with E-state index in [1.807, 2.05) is 0 Å². The molecule has 18 heavy (non-hydrogen) atoms. The summed E-state index contributed by atoms with van der Waals surface area (Å²) in [6, 6.07) is -0.151. The summed E-state index contributed by atoms with van der Waals surface area (Å²) in [5.74, 6) is -0.320. The summed E-state index contributed by atoms with van der Waals surface area (Å²) >= 11 is 0. The monoisotopic (exact) mass is 255 g/mol. The Bertz CT molecular complexity index is 327. The highest BCUT2D eigenvalue weighted by molar-refractivity contribution is 5.82. The topological polar surface area (TPSA) is 104 Å². The number of nitrogens with two attached hydrogens (primary N) is 1. The summed E-state index contributed by atoms with van der Waals surface area (Å²) in [6.45, 7) is 0.479. The molecule has 2 aliphatic rings. The van der Waals surface area contributed by atoms with Gasteiger partial charge in [0.15, 0.2) is 0 Å². The molecule has 2 rings (SSSR count). The number of hydrogen-bond acceptors (Lipinski definition) is 4. The number of amides is 2. The molecule has 1 saturated heterocycles. The molecular weight excluding hydrogens is 234 g/mol. The second-order valence-electron chi connectivity index (χ2n) is 5.31. The van der Waals surface area contributed by atoms with E-state index in [1.165, 1.54) is 0 Å². The zero-order valence-corrected chi connectivity index (χ0v) is 10.4. The van der Waals surface area contributed by atoms with E-state index in [2.05, 4.69) is 10.6 Å². The van der Waals surface area contributed by atoms with Gasteiger partial charge in [0.05, 0.1) is 12.1 Å². The molecule has 0 radical (unpaired) electrons. The average Bonchev–Trinajstić information content (AvgIpc) is 2.76. The van der Waals surface area contributed by atoms with Gasteiger partial charge < -0.3 is 21.5 Å². The van der Waals surface area contributed by atoms with Crippen LogP contribution < -0.4 is 16.4 Å². The summed E-state index contributed by atoms with van der Waals surface area (Å²) in [5.41, 5.74) is 5.26. The molecule has 102 valence electrons. The van der Waals surface area contributed by atoms with Gasteiger partial charge in [-0.05, 0) is 32.1 Å². The van der Waals surface area contributed by atoms with Crippen molar-refractivity contribution < 1.29 is 14.7 Å². The van der Waals surface area contributed by atoms with Crippen molar-refractivity contribution in [3.8, 4) is 0 Å². The largest absolute Gasteiger partial charge is 0.392 e. The zero-order chi connectivity index (χ0) is 13.1. The van der Waals surface area contributed by atoms with E-state index in [0.717, 1.165) is 25.7 Å². The van der Waals surface area contributed by atoms with Crippen LogP contribution in [0.4, 0.5) is 0 Å². The van der Waals surface area contributed by atoms with Gasteiger partial charge in [-0.2, -0.15) is 0 Å². The summed E-state index contributed by atoms with van der Waals surface area (Å²) in [7, 11) is 0. The minimum Gasteiger partial charge on any atom is -0.392 e. The van der Waals surface area contributed by atoms with E-state index in [9.17, 15) is 14.7 Å². The van der Waals surface area contributed by atoms with Gasteiger partial charge in [0.1, 0.15) is 0 Å². The molecule has 2 amide bonds. The third kappa shape index (κ3) is 3.20. The zero-order valence-electron chi connectivity index (χ0n) is 10.4. The van der Waals surface area contributed by atoms with Crippen LogP contribution in [0.15, 0.2) is 0 Å². The molecule has 2 fully saturated rings. The lowest BCUT2D eigenvalue weighted by molar-refractivity contribution is -0.124. The van der Waals surface area contributed by atoms with Crippen LogP contribution in [0.3, 0.4) is 0 Å². The molecule has 6 heteroatoms. The van der Waals surface area contributed by atoms with Crippen molar-refractivity contribution in [2.75, 3.05) is 6.54 Å². The number of aliphatic hydroxyl groups excluding tert-OH is 1. The molecule has 5 N–H and O–H groups in total. The Kier molecular flexibility index (Phi) is 4.19.